The fraction of sp³-hybridized carbons (Fsp3) is 0.381. The van der Waals surface area contributed by atoms with Crippen LogP contribution in [-0.2, 0) is 17.8 Å². The molecule has 0 amide bonds. The SMILES string of the molecule is CC(O)C(C)c1cc2c(cc1COC1Cc3cccc(C=S)c3O1)OCO2. The number of para-hydroxylation sites is 1. The highest BCUT2D eigenvalue weighted by Crippen LogP contribution is 2.39. The normalized spacial score (nSPS) is 19.3. The Balaban J connectivity index is 1.53. The largest absolute Gasteiger partial charge is 0.464 e. The maximum Gasteiger partial charge on any atom is 0.231 e. The van der Waals surface area contributed by atoms with E-state index in [1.165, 1.54) is 0 Å². The summed E-state index contributed by atoms with van der Waals surface area (Å²) < 4.78 is 23.0. The quantitative estimate of drug-likeness (QED) is 0.764. The predicted octanol–water partition coefficient (Wildman–Crippen LogP) is 3.73. The molecule has 142 valence electrons. The summed E-state index contributed by atoms with van der Waals surface area (Å²) in [4.78, 5) is 0. The molecule has 2 aromatic rings. The van der Waals surface area contributed by atoms with Crippen LogP contribution in [0.5, 0.6) is 17.2 Å². The average Bonchev–Trinajstić information content (AvgIpc) is 3.30. The molecule has 2 aliphatic heterocycles. The summed E-state index contributed by atoms with van der Waals surface area (Å²) in [6.45, 7) is 4.33. The molecule has 4 rings (SSSR count). The summed E-state index contributed by atoms with van der Waals surface area (Å²) in [5.41, 5.74) is 3.95. The van der Waals surface area contributed by atoms with E-state index in [2.05, 4.69) is 0 Å². The zero-order valence-corrected chi connectivity index (χ0v) is 16.1. The number of fused-ring (bicyclic) bond motifs is 2. The fourth-order valence-corrected chi connectivity index (χ4v) is 3.62. The summed E-state index contributed by atoms with van der Waals surface area (Å²) in [7, 11) is 0. The zero-order valence-electron chi connectivity index (χ0n) is 15.3. The number of hydrogen-bond donors (Lipinski definition) is 1. The Morgan fingerprint density at radius 3 is 2.78 bits per heavy atom. The maximum absolute atomic E-state index is 10.1. The van der Waals surface area contributed by atoms with E-state index in [9.17, 15) is 5.11 Å². The lowest BCUT2D eigenvalue weighted by Gasteiger charge is -2.21. The minimum atomic E-state index is -0.485. The summed E-state index contributed by atoms with van der Waals surface area (Å²) >= 11 is 5.06. The van der Waals surface area contributed by atoms with Crippen molar-refractivity contribution >= 4 is 17.6 Å². The van der Waals surface area contributed by atoms with Crippen molar-refractivity contribution in [3.63, 3.8) is 0 Å². The first-order chi connectivity index (χ1) is 13.1. The number of thiocarbonyl (C=S) groups is 1. The molecule has 27 heavy (non-hydrogen) atoms. The monoisotopic (exact) mass is 386 g/mol. The van der Waals surface area contributed by atoms with Crippen molar-refractivity contribution in [3.8, 4) is 17.2 Å². The van der Waals surface area contributed by atoms with Crippen LogP contribution in [0.4, 0.5) is 0 Å². The van der Waals surface area contributed by atoms with E-state index >= 15 is 0 Å². The Hall–Kier alpha value is -2.15. The van der Waals surface area contributed by atoms with Gasteiger partial charge in [-0.1, -0.05) is 37.3 Å². The minimum absolute atomic E-state index is 0.0544. The van der Waals surface area contributed by atoms with Crippen molar-refractivity contribution in [3.05, 3.63) is 52.6 Å². The van der Waals surface area contributed by atoms with Crippen molar-refractivity contribution in [2.24, 2.45) is 0 Å². The number of rotatable bonds is 6. The van der Waals surface area contributed by atoms with Gasteiger partial charge in [-0.2, -0.15) is 0 Å². The van der Waals surface area contributed by atoms with Gasteiger partial charge in [-0.25, -0.2) is 0 Å². The predicted molar refractivity (Wildman–Crippen MR) is 105 cm³/mol. The molecule has 0 aromatic heterocycles. The van der Waals surface area contributed by atoms with Gasteiger partial charge in [0.15, 0.2) is 11.5 Å². The van der Waals surface area contributed by atoms with Crippen LogP contribution in [0, 0.1) is 0 Å². The summed E-state index contributed by atoms with van der Waals surface area (Å²) in [6.07, 6.45) is -0.171. The van der Waals surface area contributed by atoms with Gasteiger partial charge in [0.25, 0.3) is 0 Å². The van der Waals surface area contributed by atoms with E-state index in [1.807, 2.05) is 37.3 Å². The first-order valence-electron chi connectivity index (χ1n) is 9.02. The third-order valence-electron chi connectivity index (χ3n) is 5.16. The lowest BCUT2D eigenvalue weighted by atomic mass is 9.91. The molecule has 0 bridgehead atoms. The van der Waals surface area contributed by atoms with E-state index in [-0.39, 0.29) is 19.0 Å². The van der Waals surface area contributed by atoms with Crippen molar-refractivity contribution in [1.82, 2.24) is 0 Å². The molecule has 2 aliphatic rings. The molecule has 0 radical (unpaired) electrons. The van der Waals surface area contributed by atoms with Gasteiger partial charge in [-0.15, -0.1) is 0 Å². The van der Waals surface area contributed by atoms with Crippen LogP contribution < -0.4 is 14.2 Å². The van der Waals surface area contributed by atoms with E-state index < -0.39 is 6.10 Å². The number of aliphatic hydroxyl groups excluding tert-OH is 1. The molecule has 0 fully saturated rings. The highest BCUT2D eigenvalue weighted by atomic mass is 32.1. The van der Waals surface area contributed by atoms with Gasteiger partial charge in [-0.3, -0.25) is 0 Å². The highest BCUT2D eigenvalue weighted by molar-refractivity contribution is 7.79. The lowest BCUT2D eigenvalue weighted by molar-refractivity contribution is -0.0754. The molecule has 3 unspecified atom stereocenters. The second kappa shape index (κ2) is 7.46. The van der Waals surface area contributed by atoms with E-state index in [4.69, 9.17) is 31.2 Å². The van der Waals surface area contributed by atoms with Gasteiger partial charge in [0, 0.05) is 28.8 Å². The van der Waals surface area contributed by atoms with Crippen molar-refractivity contribution in [2.45, 2.75) is 45.2 Å². The molecule has 0 saturated heterocycles. The van der Waals surface area contributed by atoms with E-state index in [1.54, 1.807) is 12.3 Å². The molecule has 6 heteroatoms. The molecule has 0 saturated carbocycles. The van der Waals surface area contributed by atoms with Crippen molar-refractivity contribution < 1.29 is 24.1 Å². The molecular formula is C21H22O5S. The Kier molecular flexibility index (Phi) is 5.04. The molecule has 5 nitrogen and oxygen atoms in total. The molecule has 0 aliphatic carbocycles. The third kappa shape index (κ3) is 3.52. The standard InChI is InChI=1S/C21H22O5S/c1-12(13(2)22)17-8-19-18(24-11-25-19)6-16(17)9-23-20-7-14-4-3-5-15(10-27)21(14)26-20/h3-6,8,10,12-13,20,22H,7,9,11H2,1-2H3. The molecule has 1 N–H and O–H groups in total. The van der Waals surface area contributed by atoms with Crippen LogP contribution in [0.2, 0.25) is 0 Å². The third-order valence-corrected chi connectivity index (χ3v) is 5.42. The van der Waals surface area contributed by atoms with Crippen LogP contribution in [0.25, 0.3) is 0 Å². The second-order valence-corrected chi connectivity index (χ2v) is 7.19. The molecule has 2 heterocycles. The average molecular weight is 386 g/mol. The van der Waals surface area contributed by atoms with Gasteiger partial charge >= 0.3 is 0 Å². The van der Waals surface area contributed by atoms with Gasteiger partial charge in [0.1, 0.15) is 5.75 Å². The smallest absolute Gasteiger partial charge is 0.231 e. The van der Waals surface area contributed by atoms with Crippen molar-refractivity contribution in [2.75, 3.05) is 6.79 Å². The molecule has 0 spiro atoms. The van der Waals surface area contributed by atoms with Crippen LogP contribution in [0.3, 0.4) is 0 Å². The topological polar surface area (TPSA) is 57.2 Å². The summed E-state index contributed by atoms with van der Waals surface area (Å²) in [5.74, 6) is 2.16. The zero-order chi connectivity index (χ0) is 19.0. The maximum atomic E-state index is 10.1. The van der Waals surface area contributed by atoms with Crippen LogP contribution in [-0.4, -0.2) is 29.7 Å². The van der Waals surface area contributed by atoms with Crippen molar-refractivity contribution in [1.29, 1.82) is 0 Å². The van der Waals surface area contributed by atoms with E-state index in [0.29, 0.717) is 24.5 Å². The Morgan fingerprint density at radius 1 is 1.26 bits per heavy atom. The van der Waals surface area contributed by atoms with Crippen LogP contribution >= 0.6 is 12.2 Å². The minimum Gasteiger partial charge on any atom is -0.464 e. The number of benzene rings is 2. The highest BCUT2D eigenvalue weighted by Gasteiger charge is 2.27. The Bertz CT molecular complexity index is 864. The Morgan fingerprint density at radius 2 is 2.04 bits per heavy atom. The molecule has 3 atom stereocenters. The number of hydrogen-bond acceptors (Lipinski definition) is 6. The summed E-state index contributed by atoms with van der Waals surface area (Å²) in [6, 6.07) is 9.81. The van der Waals surface area contributed by atoms with Crippen LogP contribution in [0.15, 0.2) is 30.3 Å². The first kappa shape index (κ1) is 18.2. The van der Waals surface area contributed by atoms with Gasteiger partial charge in [-0.05, 0) is 30.2 Å². The number of ether oxygens (including phenoxy) is 4. The van der Waals surface area contributed by atoms with Crippen LogP contribution in [0.1, 0.15) is 42.0 Å². The fourth-order valence-electron chi connectivity index (χ4n) is 3.44. The lowest BCUT2D eigenvalue weighted by Crippen LogP contribution is -2.19. The second-order valence-electron chi connectivity index (χ2n) is 6.95. The summed E-state index contributed by atoms with van der Waals surface area (Å²) in [5, 5.41) is 11.7. The molecular weight excluding hydrogens is 364 g/mol. The van der Waals surface area contributed by atoms with Gasteiger partial charge < -0.3 is 24.1 Å². The molecule has 2 aromatic carbocycles. The van der Waals surface area contributed by atoms with Gasteiger partial charge in [0.05, 0.1) is 12.7 Å². The van der Waals surface area contributed by atoms with E-state index in [0.717, 1.165) is 28.0 Å². The number of aliphatic hydroxyl groups is 1. The van der Waals surface area contributed by atoms with Gasteiger partial charge in [0.2, 0.25) is 13.1 Å². The Labute approximate surface area is 163 Å². The first-order valence-corrected chi connectivity index (χ1v) is 9.49.